The van der Waals surface area contributed by atoms with E-state index in [1.807, 2.05) is 0 Å². The van der Waals surface area contributed by atoms with Gasteiger partial charge in [-0.05, 0) is 0 Å². The molecule has 1 rings (SSSR count). The first kappa shape index (κ1) is 8.38. The molecule has 6 heteroatoms. The van der Waals surface area contributed by atoms with Crippen LogP contribution in [-0.4, -0.2) is 24.1 Å². The van der Waals surface area contributed by atoms with E-state index in [4.69, 9.17) is 0 Å². The molecule has 0 bridgehead atoms. The van der Waals surface area contributed by atoms with Crippen molar-refractivity contribution < 1.29 is 0 Å². The molecule has 0 unspecified atom stereocenters. The van der Waals surface area contributed by atoms with Gasteiger partial charge in [0.2, 0.25) is 0 Å². The first-order chi connectivity index (χ1) is 5.69. The van der Waals surface area contributed by atoms with Crippen molar-refractivity contribution in [3.05, 3.63) is 20.8 Å². The topological polar surface area (TPSA) is 89.8 Å². The quantitative estimate of drug-likeness (QED) is 0.465. The van der Waals surface area contributed by atoms with E-state index >= 15 is 0 Å². The molecule has 6 nitrogen and oxygen atoms in total. The van der Waals surface area contributed by atoms with Crippen LogP contribution in [0.15, 0.2) is 9.59 Å². The molecular formula is C6H10N4O2. The number of aromatic amines is 2. The van der Waals surface area contributed by atoms with Gasteiger partial charge in [0.05, 0.1) is 0 Å². The summed E-state index contributed by atoms with van der Waals surface area (Å²) >= 11 is 0. The Hall–Kier alpha value is -1.72. The third-order valence-electron chi connectivity index (χ3n) is 1.44. The second-order valence-electron chi connectivity index (χ2n) is 2.16. The molecule has 1 aromatic heterocycles. The largest absolute Gasteiger partial charge is 0.381 e. The van der Waals surface area contributed by atoms with E-state index in [1.165, 1.54) is 0 Å². The highest BCUT2D eigenvalue weighted by Gasteiger charge is 2.04. The lowest BCUT2D eigenvalue weighted by molar-refractivity contribution is 1.04. The Bertz CT molecular complexity index is 378. The molecule has 0 aliphatic rings. The highest BCUT2D eigenvalue weighted by molar-refractivity contribution is 5.61. The van der Waals surface area contributed by atoms with Crippen LogP contribution < -0.4 is 21.9 Å². The summed E-state index contributed by atoms with van der Waals surface area (Å²) in [5.74, 6) is 0.381. The van der Waals surface area contributed by atoms with Crippen LogP contribution in [0.3, 0.4) is 0 Å². The van der Waals surface area contributed by atoms with Crippen LogP contribution in [0.4, 0.5) is 11.5 Å². The Morgan fingerprint density at radius 3 is 2.25 bits per heavy atom. The maximum Gasteiger partial charge on any atom is 0.327 e. The van der Waals surface area contributed by atoms with Gasteiger partial charge < -0.3 is 10.6 Å². The lowest BCUT2D eigenvalue weighted by Gasteiger charge is -2.04. The molecule has 0 amide bonds. The van der Waals surface area contributed by atoms with Gasteiger partial charge in [0, 0.05) is 14.1 Å². The summed E-state index contributed by atoms with van der Waals surface area (Å²) < 4.78 is 0. The lowest BCUT2D eigenvalue weighted by atomic mass is 10.4. The maximum absolute atomic E-state index is 11.1. The number of rotatable bonds is 2. The van der Waals surface area contributed by atoms with Crippen molar-refractivity contribution in [3.63, 3.8) is 0 Å². The molecule has 0 fully saturated rings. The van der Waals surface area contributed by atoms with Gasteiger partial charge in [-0.3, -0.25) is 14.8 Å². The second kappa shape index (κ2) is 3.12. The molecule has 1 aromatic rings. The summed E-state index contributed by atoms with van der Waals surface area (Å²) in [7, 11) is 3.22. The first-order valence-corrected chi connectivity index (χ1v) is 3.41. The van der Waals surface area contributed by atoms with Crippen molar-refractivity contribution in [2.45, 2.75) is 0 Å². The number of aromatic nitrogens is 2. The third kappa shape index (κ3) is 1.31. The molecule has 12 heavy (non-hydrogen) atoms. The predicted octanol–water partition coefficient (Wildman–Crippen LogP) is -0.853. The van der Waals surface area contributed by atoms with Crippen molar-refractivity contribution in [1.29, 1.82) is 0 Å². The van der Waals surface area contributed by atoms with Crippen LogP contribution in [0.2, 0.25) is 0 Å². The smallest absolute Gasteiger partial charge is 0.327 e. The van der Waals surface area contributed by atoms with Crippen molar-refractivity contribution >= 4 is 11.5 Å². The fourth-order valence-corrected chi connectivity index (χ4v) is 0.912. The summed E-state index contributed by atoms with van der Waals surface area (Å²) in [6.07, 6.45) is 0. The molecule has 4 N–H and O–H groups in total. The van der Waals surface area contributed by atoms with E-state index < -0.39 is 11.2 Å². The summed E-state index contributed by atoms with van der Waals surface area (Å²) in [6, 6.07) is 0. The van der Waals surface area contributed by atoms with E-state index in [1.54, 1.807) is 14.1 Å². The molecule has 0 aromatic carbocycles. The van der Waals surface area contributed by atoms with E-state index in [0.717, 1.165) is 0 Å². The van der Waals surface area contributed by atoms with Gasteiger partial charge in [-0.25, -0.2) is 4.79 Å². The molecule has 0 saturated carbocycles. The summed E-state index contributed by atoms with van der Waals surface area (Å²) in [5, 5.41) is 5.36. The van der Waals surface area contributed by atoms with Crippen LogP contribution in [0.1, 0.15) is 0 Å². The highest BCUT2D eigenvalue weighted by Crippen LogP contribution is 2.07. The molecular weight excluding hydrogens is 160 g/mol. The lowest BCUT2D eigenvalue weighted by Crippen LogP contribution is -2.25. The SMILES string of the molecule is CNc1[nH]c(=O)[nH]c(=O)c1NC. The average molecular weight is 170 g/mol. The normalized spacial score (nSPS) is 9.50. The number of nitrogens with one attached hydrogen (secondary N) is 4. The monoisotopic (exact) mass is 170 g/mol. The van der Waals surface area contributed by atoms with Crippen LogP contribution in [0.25, 0.3) is 0 Å². The Labute approximate surface area is 68.0 Å². The Morgan fingerprint density at radius 2 is 1.75 bits per heavy atom. The zero-order valence-corrected chi connectivity index (χ0v) is 6.82. The van der Waals surface area contributed by atoms with Crippen molar-refractivity contribution in [3.8, 4) is 0 Å². The van der Waals surface area contributed by atoms with Crippen molar-refractivity contribution in [2.24, 2.45) is 0 Å². The Morgan fingerprint density at radius 1 is 1.08 bits per heavy atom. The zero-order chi connectivity index (χ0) is 9.14. The standard InChI is InChI=1S/C6H10N4O2/c1-7-3-4(8-2)9-6(12)10-5(3)11/h7H,1-2H3,(H3,8,9,10,11,12). The van der Waals surface area contributed by atoms with E-state index in [9.17, 15) is 9.59 Å². The van der Waals surface area contributed by atoms with Gasteiger partial charge in [0.15, 0.2) is 0 Å². The average Bonchev–Trinajstić information content (AvgIpc) is 2.03. The highest BCUT2D eigenvalue weighted by atomic mass is 16.2. The molecule has 0 aliphatic heterocycles. The molecule has 0 spiro atoms. The predicted molar refractivity (Wildman–Crippen MR) is 46.8 cm³/mol. The van der Waals surface area contributed by atoms with E-state index in [2.05, 4.69) is 20.6 Å². The van der Waals surface area contributed by atoms with Gasteiger partial charge in [-0.15, -0.1) is 0 Å². The molecule has 1 heterocycles. The number of hydrogen-bond donors (Lipinski definition) is 4. The maximum atomic E-state index is 11.1. The third-order valence-corrected chi connectivity index (χ3v) is 1.44. The van der Waals surface area contributed by atoms with Crippen molar-refractivity contribution in [2.75, 3.05) is 24.7 Å². The number of anilines is 2. The van der Waals surface area contributed by atoms with E-state index in [-0.39, 0.29) is 0 Å². The van der Waals surface area contributed by atoms with Gasteiger partial charge >= 0.3 is 5.69 Å². The van der Waals surface area contributed by atoms with Gasteiger partial charge in [-0.2, -0.15) is 0 Å². The number of H-pyrrole nitrogens is 2. The molecule has 0 aliphatic carbocycles. The summed E-state index contributed by atoms with van der Waals surface area (Å²) in [6.45, 7) is 0. The van der Waals surface area contributed by atoms with Crippen LogP contribution in [-0.2, 0) is 0 Å². The fraction of sp³-hybridized carbons (Fsp3) is 0.333. The zero-order valence-electron chi connectivity index (χ0n) is 6.82. The minimum absolute atomic E-state index is 0.317. The number of hydrogen-bond acceptors (Lipinski definition) is 4. The second-order valence-corrected chi connectivity index (χ2v) is 2.16. The van der Waals surface area contributed by atoms with Crippen molar-refractivity contribution in [1.82, 2.24) is 9.97 Å². The molecule has 66 valence electrons. The summed E-state index contributed by atoms with van der Waals surface area (Å²) in [5.41, 5.74) is -0.647. The van der Waals surface area contributed by atoms with Crippen LogP contribution >= 0.6 is 0 Å². The minimum atomic E-state index is -0.525. The summed E-state index contributed by atoms with van der Waals surface area (Å²) in [4.78, 5) is 26.4. The van der Waals surface area contributed by atoms with Crippen LogP contribution in [0.5, 0.6) is 0 Å². The fourth-order valence-electron chi connectivity index (χ4n) is 0.912. The molecule has 0 atom stereocenters. The van der Waals surface area contributed by atoms with Crippen LogP contribution in [0, 0.1) is 0 Å². The van der Waals surface area contributed by atoms with Gasteiger partial charge in [-0.1, -0.05) is 0 Å². The van der Waals surface area contributed by atoms with Gasteiger partial charge in [0.1, 0.15) is 11.5 Å². The molecule has 0 saturated heterocycles. The Balaban J connectivity index is 3.44. The Kier molecular flexibility index (Phi) is 2.18. The minimum Gasteiger partial charge on any atom is -0.381 e. The molecule has 0 radical (unpaired) electrons. The first-order valence-electron chi connectivity index (χ1n) is 3.41. The van der Waals surface area contributed by atoms with Gasteiger partial charge in [0.25, 0.3) is 5.56 Å². The van der Waals surface area contributed by atoms with E-state index in [0.29, 0.717) is 11.5 Å².